The van der Waals surface area contributed by atoms with Gasteiger partial charge in [0.15, 0.2) is 6.61 Å². The van der Waals surface area contributed by atoms with E-state index in [1.54, 1.807) is 24.3 Å². The van der Waals surface area contributed by atoms with Crippen molar-refractivity contribution in [1.82, 2.24) is 0 Å². The quantitative estimate of drug-likeness (QED) is 0.810. The highest BCUT2D eigenvalue weighted by Crippen LogP contribution is 2.22. The van der Waals surface area contributed by atoms with Gasteiger partial charge in [0.25, 0.3) is 0 Å². The molecule has 0 bridgehead atoms. The van der Waals surface area contributed by atoms with Crippen LogP contribution in [0.4, 0.5) is 0 Å². The number of ether oxygens (including phenoxy) is 2. The third kappa shape index (κ3) is 4.22. The van der Waals surface area contributed by atoms with E-state index in [9.17, 15) is 4.79 Å². The monoisotopic (exact) mass is 283 g/mol. The van der Waals surface area contributed by atoms with Crippen molar-refractivity contribution in [3.8, 4) is 11.8 Å². The van der Waals surface area contributed by atoms with E-state index in [4.69, 9.17) is 14.7 Å². The zero-order chi connectivity index (χ0) is 15.5. The van der Waals surface area contributed by atoms with Crippen LogP contribution in [0.1, 0.15) is 26.3 Å². The Kier molecular flexibility index (Phi) is 4.13. The summed E-state index contributed by atoms with van der Waals surface area (Å²) in [6.45, 7) is 5.29. The summed E-state index contributed by atoms with van der Waals surface area (Å²) in [5, 5.41) is 10.8. The van der Waals surface area contributed by atoms with Gasteiger partial charge in [-0.2, -0.15) is 5.26 Å². The summed E-state index contributed by atoms with van der Waals surface area (Å²) in [5.41, 5.74) is 0.0673. The second-order valence-corrected chi connectivity index (χ2v) is 5.71. The van der Waals surface area contributed by atoms with Gasteiger partial charge in [0.1, 0.15) is 11.4 Å². The third-order valence-corrected chi connectivity index (χ3v) is 2.72. The van der Waals surface area contributed by atoms with E-state index in [-0.39, 0.29) is 6.61 Å². The van der Waals surface area contributed by atoms with Gasteiger partial charge in [-0.25, -0.2) is 4.79 Å². The lowest BCUT2D eigenvalue weighted by molar-refractivity contribution is -0.157. The molecule has 0 heterocycles. The van der Waals surface area contributed by atoms with Crippen LogP contribution in [0.15, 0.2) is 36.4 Å². The molecule has 4 heteroatoms. The molecule has 2 rings (SSSR count). The lowest BCUT2D eigenvalue weighted by Crippen LogP contribution is -2.27. The number of nitrogens with zero attached hydrogens (tertiary/aromatic N) is 1. The number of carbonyl (C=O) groups excluding carboxylic acids is 1. The first-order chi connectivity index (χ1) is 9.87. The average Bonchev–Trinajstić information content (AvgIpc) is 2.42. The first kappa shape index (κ1) is 14.9. The SMILES string of the molecule is CC(C)(C)OC(=O)COc1ccc2ccc(C#N)cc2c1. The molecular weight excluding hydrogens is 266 g/mol. The van der Waals surface area contributed by atoms with Gasteiger partial charge in [-0.3, -0.25) is 0 Å². The maximum Gasteiger partial charge on any atom is 0.344 e. The van der Waals surface area contributed by atoms with E-state index in [0.29, 0.717) is 11.3 Å². The fourth-order valence-electron chi connectivity index (χ4n) is 1.90. The van der Waals surface area contributed by atoms with Crippen LogP contribution >= 0.6 is 0 Å². The molecule has 2 aromatic carbocycles. The molecule has 0 aromatic heterocycles. The van der Waals surface area contributed by atoms with Crippen LogP contribution in [-0.2, 0) is 9.53 Å². The molecule has 0 saturated carbocycles. The molecule has 0 fully saturated rings. The Bertz CT molecular complexity index is 708. The normalized spacial score (nSPS) is 11.0. The minimum absolute atomic E-state index is 0.138. The van der Waals surface area contributed by atoms with Gasteiger partial charge in [0.05, 0.1) is 11.6 Å². The fraction of sp³-hybridized carbons (Fsp3) is 0.294. The predicted molar refractivity (Wildman–Crippen MR) is 80.0 cm³/mol. The van der Waals surface area contributed by atoms with Crippen molar-refractivity contribution < 1.29 is 14.3 Å². The van der Waals surface area contributed by atoms with Gasteiger partial charge in [-0.05, 0) is 55.8 Å². The predicted octanol–water partition coefficient (Wildman–Crippen LogP) is 3.43. The molecule has 4 nitrogen and oxygen atoms in total. The smallest absolute Gasteiger partial charge is 0.344 e. The van der Waals surface area contributed by atoms with E-state index in [1.807, 2.05) is 32.9 Å². The zero-order valence-electron chi connectivity index (χ0n) is 12.3. The average molecular weight is 283 g/mol. The van der Waals surface area contributed by atoms with E-state index < -0.39 is 11.6 Å². The molecule has 0 N–H and O–H groups in total. The highest BCUT2D eigenvalue weighted by molar-refractivity contribution is 5.85. The van der Waals surface area contributed by atoms with Crippen LogP contribution in [-0.4, -0.2) is 18.2 Å². The molecule has 2 aromatic rings. The van der Waals surface area contributed by atoms with Crippen molar-refractivity contribution in [2.75, 3.05) is 6.61 Å². The van der Waals surface area contributed by atoms with Crippen LogP contribution in [0, 0.1) is 11.3 Å². The Morgan fingerprint density at radius 2 is 1.86 bits per heavy atom. The molecule has 21 heavy (non-hydrogen) atoms. The number of rotatable bonds is 3. The van der Waals surface area contributed by atoms with Crippen LogP contribution in [0.25, 0.3) is 10.8 Å². The molecule has 0 saturated heterocycles. The summed E-state index contributed by atoms with van der Waals surface area (Å²) in [6, 6.07) is 13.0. The molecular formula is C17H17NO3. The van der Waals surface area contributed by atoms with Gasteiger partial charge in [0.2, 0.25) is 0 Å². The summed E-state index contributed by atoms with van der Waals surface area (Å²) in [5.74, 6) is 0.164. The molecule has 0 spiro atoms. The van der Waals surface area contributed by atoms with Crippen LogP contribution in [0.3, 0.4) is 0 Å². The standard InChI is InChI=1S/C17H17NO3/c1-17(2,3)21-16(19)11-20-15-7-6-13-5-4-12(10-18)8-14(13)9-15/h4-9H,11H2,1-3H3. The van der Waals surface area contributed by atoms with E-state index >= 15 is 0 Å². The van der Waals surface area contributed by atoms with E-state index in [2.05, 4.69) is 6.07 Å². The van der Waals surface area contributed by atoms with Gasteiger partial charge in [-0.15, -0.1) is 0 Å². The van der Waals surface area contributed by atoms with Crippen LogP contribution in [0.5, 0.6) is 5.75 Å². The van der Waals surface area contributed by atoms with Gasteiger partial charge in [-0.1, -0.05) is 12.1 Å². The topological polar surface area (TPSA) is 59.3 Å². The van der Waals surface area contributed by atoms with Crippen LogP contribution < -0.4 is 4.74 Å². The number of hydrogen-bond acceptors (Lipinski definition) is 4. The van der Waals surface area contributed by atoms with Crippen molar-refractivity contribution in [3.63, 3.8) is 0 Å². The van der Waals surface area contributed by atoms with Crippen LogP contribution in [0.2, 0.25) is 0 Å². The van der Waals surface area contributed by atoms with Crippen molar-refractivity contribution in [3.05, 3.63) is 42.0 Å². The number of benzene rings is 2. The largest absolute Gasteiger partial charge is 0.482 e. The Balaban J connectivity index is 2.09. The zero-order valence-corrected chi connectivity index (χ0v) is 12.3. The minimum Gasteiger partial charge on any atom is -0.482 e. The Labute approximate surface area is 123 Å². The van der Waals surface area contributed by atoms with Crippen molar-refractivity contribution >= 4 is 16.7 Å². The molecule has 0 aliphatic heterocycles. The number of carbonyl (C=O) groups is 1. The number of fused-ring (bicyclic) bond motifs is 1. The lowest BCUT2D eigenvalue weighted by Gasteiger charge is -2.19. The first-order valence-electron chi connectivity index (χ1n) is 6.66. The van der Waals surface area contributed by atoms with Crippen molar-refractivity contribution in [1.29, 1.82) is 5.26 Å². The molecule has 0 atom stereocenters. The maximum absolute atomic E-state index is 11.6. The fourth-order valence-corrected chi connectivity index (χ4v) is 1.90. The van der Waals surface area contributed by atoms with Gasteiger partial charge >= 0.3 is 5.97 Å². The summed E-state index contributed by atoms with van der Waals surface area (Å²) in [7, 11) is 0. The minimum atomic E-state index is -0.522. The maximum atomic E-state index is 11.6. The molecule has 0 amide bonds. The molecule has 0 aliphatic carbocycles. The van der Waals surface area contributed by atoms with Crippen molar-refractivity contribution in [2.45, 2.75) is 26.4 Å². The second kappa shape index (κ2) is 5.84. The second-order valence-electron chi connectivity index (χ2n) is 5.71. The highest BCUT2D eigenvalue weighted by Gasteiger charge is 2.16. The van der Waals surface area contributed by atoms with Gasteiger partial charge < -0.3 is 9.47 Å². The number of nitriles is 1. The molecule has 0 unspecified atom stereocenters. The summed E-state index contributed by atoms with van der Waals surface area (Å²) in [4.78, 5) is 11.6. The molecule has 0 aliphatic rings. The first-order valence-corrected chi connectivity index (χ1v) is 6.66. The lowest BCUT2D eigenvalue weighted by atomic mass is 10.1. The summed E-state index contributed by atoms with van der Waals surface area (Å²) < 4.78 is 10.6. The Hall–Kier alpha value is -2.54. The number of esters is 1. The highest BCUT2D eigenvalue weighted by atomic mass is 16.6. The third-order valence-electron chi connectivity index (χ3n) is 2.72. The van der Waals surface area contributed by atoms with E-state index in [0.717, 1.165) is 10.8 Å². The summed E-state index contributed by atoms with van der Waals surface area (Å²) >= 11 is 0. The molecule has 0 radical (unpaired) electrons. The van der Waals surface area contributed by atoms with E-state index in [1.165, 1.54) is 0 Å². The van der Waals surface area contributed by atoms with Crippen molar-refractivity contribution in [2.24, 2.45) is 0 Å². The summed E-state index contributed by atoms with van der Waals surface area (Å²) in [6.07, 6.45) is 0. The Morgan fingerprint density at radius 3 is 2.52 bits per heavy atom. The number of hydrogen-bond donors (Lipinski definition) is 0. The molecule has 108 valence electrons. The Morgan fingerprint density at radius 1 is 1.14 bits per heavy atom. The van der Waals surface area contributed by atoms with Gasteiger partial charge in [0, 0.05) is 0 Å².